The molecule has 9 heteroatoms. The fraction of sp³-hybridized carbons (Fsp3) is 0.118. The second-order valence-electron chi connectivity index (χ2n) is 5.04. The van der Waals surface area contributed by atoms with E-state index in [9.17, 15) is 14.0 Å². The molecule has 0 saturated heterocycles. The van der Waals surface area contributed by atoms with Crippen LogP contribution in [0.1, 0.15) is 0 Å². The summed E-state index contributed by atoms with van der Waals surface area (Å²) in [6.45, 7) is 0. The first-order valence-electron chi connectivity index (χ1n) is 7.57. The number of hydrogen-bond donors (Lipinski definition) is 4. The lowest BCUT2D eigenvalue weighted by Crippen LogP contribution is -2.44. The molecular weight excluding hydrogens is 375 g/mol. The van der Waals surface area contributed by atoms with Crippen LogP contribution in [0.15, 0.2) is 54.6 Å². The number of hydrogen-bond acceptors (Lipinski definition) is 4. The maximum Gasteiger partial charge on any atom is 0.248 e. The maximum absolute atomic E-state index is 12.8. The number of thiocarbonyl (C=S) groups is 1. The van der Waals surface area contributed by atoms with E-state index in [4.69, 9.17) is 12.2 Å². The van der Waals surface area contributed by atoms with Crippen molar-refractivity contribution in [2.24, 2.45) is 0 Å². The van der Waals surface area contributed by atoms with Crippen LogP contribution < -0.4 is 21.5 Å². The molecule has 2 rings (SSSR count). The third-order valence-corrected chi connectivity index (χ3v) is 4.08. The van der Waals surface area contributed by atoms with E-state index < -0.39 is 0 Å². The number of benzene rings is 2. The number of anilines is 2. The quantitative estimate of drug-likeness (QED) is 0.447. The van der Waals surface area contributed by atoms with Gasteiger partial charge in [-0.25, -0.2) is 4.39 Å². The van der Waals surface area contributed by atoms with Gasteiger partial charge < -0.3 is 10.6 Å². The predicted octanol–water partition coefficient (Wildman–Crippen LogP) is 2.52. The van der Waals surface area contributed by atoms with Crippen molar-refractivity contribution in [1.82, 2.24) is 10.9 Å². The number of carbonyl (C=O) groups is 2. The van der Waals surface area contributed by atoms with E-state index in [0.29, 0.717) is 11.4 Å². The highest BCUT2D eigenvalue weighted by molar-refractivity contribution is 8.00. The minimum atomic E-state index is -0.351. The fourth-order valence-electron chi connectivity index (χ4n) is 1.81. The molecule has 4 N–H and O–H groups in total. The number of hydrazine groups is 1. The molecule has 0 aromatic heterocycles. The van der Waals surface area contributed by atoms with Crippen LogP contribution in [0, 0.1) is 5.82 Å². The molecule has 0 aliphatic heterocycles. The molecular formula is C17H17FN4O2S2. The van der Waals surface area contributed by atoms with Crippen molar-refractivity contribution in [3.05, 3.63) is 60.4 Å². The van der Waals surface area contributed by atoms with Gasteiger partial charge in [0.1, 0.15) is 5.82 Å². The van der Waals surface area contributed by atoms with E-state index in [2.05, 4.69) is 21.5 Å². The summed E-state index contributed by atoms with van der Waals surface area (Å²) in [7, 11) is 0. The van der Waals surface area contributed by atoms with Crippen LogP contribution in [0.2, 0.25) is 0 Å². The molecule has 0 spiro atoms. The zero-order chi connectivity index (χ0) is 18.8. The summed E-state index contributed by atoms with van der Waals surface area (Å²) in [4.78, 5) is 23.5. The van der Waals surface area contributed by atoms with Gasteiger partial charge in [0, 0.05) is 11.4 Å². The Morgan fingerprint density at radius 2 is 1.46 bits per heavy atom. The van der Waals surface area contributed by atoms with Crippen molar-refractivity contribution >= 4 is 52.3 Å². The van der Waals surface area contributed by atoms with Crippen LogP contribution in [0.5, 0.6) is 0 Å². The van der Waals surface area contributed by atoms with Gasteiger partial charge in [0.15, 0.2) is 5.11 Å². The van der Waals surface area contributed by atoms with Gasteiger partial charge >= 0.3 is 0 Å². The van der Waals surface area contributed by atoms with Crippen LogP contribution in [-0.4, -0.2) is 28.4 Å². The van der Waals surface area contributed by atoms with Crippen molar-refractivity contribution in [2.45, 2.75) is 0 Å². The lowest BCUT2D eigenvalue weighted by atomic mass is 10.3. The summed E-state index contributed by atoms with van der Waals surface area (Å²) in [6, 6.07) is 14.7. The van der Waals surface area contributed by atoms with Gasteiger partial charge in [0.2, 0.25) is 11.8 Å². The van der Waals surface area contributed by atoms with Gasteiger partial charge in [-0.2, -0.15) is 0 Å². The molecule has 0 unspecified atom stereocenters. The third-order valence-electron chi connectivity index (χ3n) is 2.94. The van der Waals surface area contributed by atoms with Crippen LogP contribution in [0.4, 0.5) is 15.8 Å². The standard InChI is InChI=1S/C17H17FN4O2S2/c18-12-6-8-14(9-7-12)20-17(25)22-21-16(24)11-26-10-15(23)19-13-4-2-1-3-5-13/h1-9H,10-11H2,(H,19,23)(H,21,24)(H2,20,22,25). The fourth-order valence-corrected chi connectivity index (χ4v) is 2.60. The molecule has 136 valence electrons. The Morgan fingerprint density at radius 3 is 2.15 bits per heavy atom. The molecule has 0 heterocycles. The smallest absolute Gasteiger partial charge is 0.248 e. The van der Waals surface area contributed by atoms with Gasteiger partial charge in [-0.15, -0.1) is 11.8 Å². The molecule has 2 aromatic rings. The second-order valence-corrected chi connectivity index (χ2v) is 6.44. The number of thioether (sulfide) groups is 1. The molecule has 26 heavy (non-hydrogen) atoms. The predicted molar refractivity (Wildman–Crippen MR) is 106 cm³/mol. The Kier molecular flexibility index (Phi) is 7.84. The Bertz CT molecular complexity index is 757. The van der Waals surface area contributed by atoms with Crippen molar-refractivity contribution in [1.29, 1.82) is 0 Å². The summed E-state index contributed by atoms with van der Waals surface area (Å²) in [5, 5.41) is 5.69. The number of nitrogens with one attached hydrogen (secondary N) is 4. The summed E-state index contributed by atoms with van der Waals surface area (Å²) in [6.07, 6.45) is 0. The van der Waals surface area contributed by atoms with E-state index in [1.54, 1.807) is 12.1 Å². The van der Waals surface area contributed by atoms with Crippen molar-refractivity contribution in [3.63, 3.8) is 0 Å². The normalized spacial score (nSPS) is 9.88. The van der Waals surface area contributed by atoms with E-state index in [1.807, 2.05) is 18.2 Å². The minimum Gasteiger partial charge on any atom is -0.331 e. The zero-order valence-electron chi connectivity index (χ0n) is 13.6. The Morgan fingerprint density at radius 1 is 0.846 bits per heavy atom. The number of para-hydroxylation sites is 1. The largest absolute Gasteiger partial charge is 0.331 e. The number of carbonyl (C=O) groups excluding carboxylic acids is 2. The number of amides is 2. The molecule has 0 fully saturated rings. The SMILES string of the molecule is O=C(CSCC(=O)Nc1ccccc1)NNC(=S)Nc1ccc(F)cc1. The number of rotatable bonds is 6. The van der Waals surface area contributed by atoms with Gasteiger partial charge in [-0.1, -0.05) is 18.2 Å². The molecule has 0 saturated carbocycles. The van der Waals surface area contributed by atoms with Gasteiger partial charge in [-0.05, 0) is 48.6 Å². The van der Waals surface area contributed by atoms with Crippen molar-refractivity contribution < 1.29 is 14.0 Å². The molecule has 0 aliphatic carbocycles. The van der Waals surface area contributed by atoms with Gasteiger partial charge in [-0.3, -0.25) is 20.4 Å². The lowest BCUT2D eigenvalue weighted by molar-refractivity contribution is -0.119. The minimum absolute atomic E-state index is 0.0916. The average molecular weight is 392 g/mol. The molecule has 6 nitrogen and oxygen atoms in total. The third kappa shape index (κ3) is 7.49. The van der Waals surface area contributed by atoms with E-state index in [0.717, 1.165) is 0 Å². The maximum atomic E-state index is 12.8. The van der Waals surface area contributed by atoms with E-state index in [1.165, 1.54) is 36.0 Å². The Balaban J connectivity index is 1.60. The average Bonchev–Trinajstić information content (AvgIpc) is 2.63. The molecule has 0 atom stereocenters. The first kappa shape index (κ1) is 19.7. The molecule has 0 radical (unpaired) electrons. The van der Waals surface area contributed by atoms with Crippen LogP contribution >= 0.6 is 24.0 Å². The van der Waals surface area contributed by atoms with Crippen molar-refractivity contribution in [2.75, 3.05) is 22.1 Å². The number of halogens is 1. The van der Waals surface area contributed by atoms with Crippen molar-refractivity contribution in [3.8, 4) is 0 Å². The van der Waals surface area contributed by atoms with E-state index >= 15 is 0 Å². The monoisotopic (exact) mass is 392 g/mol. The zero-order valence-corrected chi connectivity index (χ0v) is 15.3. The van der Waals surface area contributed by atoms with Crippen LogP contribution in [-0.2, 0) is 9.59 Å². The second kappa shape index (κ2) is 10.4. The first-order valence-corrected chi connectivity index (χ1v) is 9.13. The molecule has 0 bridgehead atoms. The summed E-state index contributed by atoms with van der Waals surface area (Å²) < 4.78 is 12.8. The highest BCUT2D eigenvalue weighted by atomic mass is 32.2. The lowest BCUT2D eigenvalue weighted by Gasteiger charge is -2.11. The highest BCUT2D eigenvalue weighted by Gasteiger charge is 2.06. The Hall–Kier alpha value is -2.65. The van der Waals surface area contributed by atoms with Gasteiger partial charge in [0.25, 0.3) is 0 Å². The van der Waals surface area contributed by atoms with Gasteiger partial charge in [0.05, 0.1) is 11.5 Å². The summed E-state index contributed by atoms with van der Waals surface area (Å²) >= 11 is 6.19. The summed E-state index contributed by atoms with van der Waals surface area (Å²) in [5.74, 6) is -0.619. The summed E-state index contributed by atoms with van der Waals surface area (Å²) in [5.41, 5.74) is 6.25. The molecule has 0 aliphatic rings. The first-order chi connectivity index (χ1) is 12.5. The van der Waals surface area contributed by atoms with E-state index in [-0.39, 0.29) is 34.2 Å². The van der Waals surface area contributed by atoms with Crippen LogP contribution in [0.25, 0.3) is 0 Å². The Labute approximate surface area is 159 Å². The topological polar surface area (TPSA) is 82.3 Å². The molecule has 2 amide bonds. The highest BCUT2D eigenvalue weighted by Crippen LogP contribution is 2.08. The molecule has 2 aromatic carbocycles. The van der Waals surface area contributed by atoms with Crippen LogP contribution in [0.3, 0.4) is 0 Å².